The minimum atomic E-state index is -0.992. The Balaban J connectivity index is 2.31. The fourth-order valence-electron chi connectivity index (χ4n) is 3.12. The Kier molecular flexibility index (Phi) is 4.59. The highest BCUT2D eigenvalue weighted by Gasteiger charge is 2.45. The van der Waals surface area contributed by atoms with Gasteiger partial charge in [-0.15, -0.1) is 0 Å². The van der Waals surface area contributed by atoms with E-state index in [2.05, 4.69) is 13.8 Å². The Morgan fingerprint density at radius 1 is 1.14 bits per heavy atom. The normalized spacial score (nSPS) is 21.8. The van der Waals surface area contributed by atoms with E-state index >= 15 is 0 Å². The van der Waals surface area contributed by atoms with Crippen molar-refractivity contribution in [3.8, 4) is 5.75 Å². The van der Waals surface area contributed by atoms with Gasteiger partial charge in [0.05, 0.1) is 12.7 Å². The molecule has 1 N–H and O–H groups in total. The van der Waals surface area contributed by atoms with E-state index in [9.17, 15) is 9.50 Å². The van der Waals surface area contributed by atoms with E-state index in [0.29, 0.717) is 12.8 Å². The van der Waals surface area contributed by atoms with Gasteiger partial charge in [-0.2, -0.15) is 0 Å². The number of rotatable bonds is 4. The molecule has 1 aliphatic carbocycles. The van der Waals surface area contributed by atoms with Gasteiger partial charge in [0.25, 0.3) is 0 Å². The third kappa shape index (κ3) is 3.06. The third-order valence-electron chi connectivity index (χ3n) is 4.86. The second kappa shape index (κ2) is 5.93. The summed E-state index contributed by atoms with van der Waals surface area (Å²) < 4.78 is 25.1. The number of benzene rings is 1. The first-order chi connectivity index (χ1) is 9.85. The molecule has 0 bridgehead atoms. The topological polar surface area (TPSA) is 38.7 Å². The lowest BCUT2D eigenvalue weighted by molar-refractivity contribution is -0.139. The molecule has 0 spiro atoms. The fourth-order valence-corrected chi connectivity index (χ4v) is 3.12. The van der Waals surface area contributed by atoms with Gasteiger partial charge in [0.15, 0.2) is 11.6 Å². The predicted octanol–water partition coefficient (Wildman–Crippen LogP) is 3.85. The Morgan fingerprint density at radius 2 is 1.76 bits per heavy atom. The molecule has 1 aromatic carbocycles. The minimum Gasteiger partial charge on any atom is -0.494 e. The van der Waals surface area contributed by atoms with Crippen LogP contribution >= 0.6 is 0 Å². The first-order valence-electron chi connectivity index (χ1n) is 7.41. The molecule has 0 saturated heterocycles. The van der Waals surface area contributed by atoms with Crippen molar-refractivity contribution in [2.24, 2.45) is 5.41 Å². The molecular formula is C17H25FO3. The van der Waals surface area contributed by atoms with Crippen LogP contribution in [0, 0.1) is 11.2 Å². The molecule has 3 nitrogen and oxygen atoms in total. The molecule has 0 amide bonds. The summed E-state index contributed by atoms with van der Waals surface area (Å²) in [4.78, 5) is 0. The smallest absolute Gasteiger partial charge is 0.170 e. The van der Waals surface area contributed by atoms with Crippen molar-refractivity contribution in [1.82, 2.24) is 0 Å². The summed E-state index contributed by atoms with van der Waals surface area (Å²) in [5.74, 6) is -0.359. The van der Waals surface area contributed by atoms with Gasteiger partial charge in [-0.3, -0.25) is 0 Å². The minimum absolute atomic E-state index is 0.147. The second-order valence-corrected chi connectivity index (χ2v) is 6.70. The van der Waals surface area contributed by atoms with Gasteiger partial charge in [-0.1, -0.05) is 26.0 Å². The van der Waals surface area contributed by atoms with Gasteiger partial charge in [0.2, 0.25) is 0 Å². The molecule has 1 atom stereocenters. The van der Waals surface area contributed by atoms with Gasteiger partial charge >= 0.3 is 0 Å². The number of aliphatic hydroxyl groups is 1. The maximum Gasteiger partial charge on any atom is 0.170 e. The molecule has 1 aliphatic rings. The van der Waals surface area contributed by atoms with Gasteiger partial charge in [-0.25, -0.2) is 4.39 Å². The Hall–Kier alpha value is -1.13. The second-order valence-electron chi connectivity index (χ2n) is 6.70. The van der Waals surface area contributed by atoms with E-state index in [0.717, 1.165) is 12.8 Å². The number of hydrogen-bond donors (Lipinski definition) is 1. The lowest BCUT2D eigenvalue weighted by Gasteiger charge is -2.45. The summed E-state index contributed by atoms with van der Waals surface area (Å²) in [7, 11) is 3.02. The molecule has 1 unspecified atom stereocenters. The highest BCUT2D eigenvalue weighted by molar-refractivity contribution is 5.33. The molecule has 2 rings (SSSR count). The largest absolute Gasteiger partial charge is 0.494 e. The van der Waals surface area contributed by atoms with E-state index in [1.54, 1.807) is 25.3 Å². The zero-order chi connectivity index (χ0) is 15.7. The van der Waals surface area contributed by atoms with E-state index < -0.39 is 17.5 Å². The number of aliphatic hydroxyl groups excluding tert-OH is 1. The van der Waals surface area contributed by atoms with Crippen LogP contribution in [0.15, 0.2) is 18.2 Å². The van der Waals surface area contributed by atoms with Crippen LogP contribution in [0.3, 0.4) is 0 Å². The highest BCUT2D eigenvalue weighted by atomic mass is 19.1. The van der Waals surface area contributed by atoms with Crippen LogP contribution in [-0.2, 0) is 4.74 Å². The first-order valence-corrected chi connectivity index (χ1v) is 7.41. The van der Waals surface area contributed by atoms with Crippen LogP contribution in [0.4, 0.5) is 4.39 Å². The molecule has 1 saturated carbocycles. The molecular weight excluding hydrogens is 271 g/mol. The maximum atomic E-state index is 14.4. The third-order valence-corrected chi connectivity index (χ3v) is 4.86. The van der Waals surface area contributed by atoms with Crippen molar-refractivity contribution < 1.29 is 19.0 Å². The maximum absolute atomic E-state index is 14.4. The van der Waals surface area contributed by atoms with Gasteiger partial charge in [0.1, 0.15) is 6.10 Å². The average Bonchev–Trinajstić information content (AvgIpc) is 2.47. The summed E-state index contributed by atoms with van der Waals surface area (Å²) in [6.45, 7) is 4.43. The molecule has 0 aromatic heterocycles. The first kappa shape index (κ1) is 16.2. The van der Waals surface area contributed by atoms with Crippen molar-refractivity contribution in [2.75, 3.05) is 14.2 Å². The Bertz CT molecular complexity index is 489. The zero-order valence-corrected chi connectivity index (χ0v) is 13.3. The van der Waals surface area contributed by atoms with Crippen LogP contribution in [0.5, 0.6) is 5.75 Å². The summed E-state index contributed by atoms with van der Waals surface area (Å²) in [6, 6.07) is 4.84. The van der Waals surface area contributed by atoms with Crippen molar-refractivity contribution in [1.29, 1.82) is 0 Å². The van der Waals surface area contributed by atoms with E-state index in [1.807, 2.05) is 0 Å². The van der Waals surface area contributed by atoms with E-state index in [1.165, 1.54) is 7.11 Å². The van der Waals surface area contributed by atoms with Crippen LogP contribution in [0.1, 0.15) is 51.2 Å². The molecule has 0 radical (unpaired) electrons. The van der Waals surface area contributed by atoms with Crippen molar-refractivity contribution in [3.05, 3.63) is 29.6 Å². The van der Waals surface area contributed by atoms with Crippen LogP contribution in [0.25, 0.3) is 0 Å². The number of methoxy groups -OCH3 is 2. The predicted molar refractivity (Wildman–Crippen MR) is 79.9 cm³/mol. The molecule has 118 valence electrons. The number of halogens is 1. The lowest BCUT2D eigenvalue weighted by atomic mass is 9.68. The van der Waals surface area contributed by atoms with Gasteiger partial charge < -0.3 is 14.6 Å². The Labute approximate surface area is 126 Å². The van der Waals surface area contributed by atoms with Crippen molar-refractivity contribution in [3.63, 3.8) is 0 Å². The number of hydrogen-bond acceptors (Lipinski definition) is 3. The van der Waals surface area contributed by atoms with Crippen LogP contribution < -0.4 is 4.74 Å². The molecule has 0 heterocycles. The summed E-state index contributed by atoms with van der Waals surface area (Å²) >= 11 is 0. The molecule has 0 aliphatic heterocycles. The van der Waals surface area contributed by atoms with Crippen LogP contribution in [-0.4, -0.2) is 24.9 Å². The van der Waals surface area contributed by atoms with Crippen LogP contribution in [0.2, 0.25) is 0 Å². The average molecular weight is 296 g/mol. The van der Waals surface area contributed by atoms with Gasteiger partial charge in [0, 0.05) is 12.7 Å². The fraction of sp³-hybridized carbons (Fsp3) is 0.647. The van der Waals surface area contributed by atoms with E-state index in [-0.39, 0.29) is 16.7 Å². The number of ether oxygens (including phenoxy) is 2. The Morgan fingerprint density at radius 3 is 2.29 bits per heavy atom. The molecule has 1 fully saturated rings. The van der Waals surface area contributed by atoms with Crippen molar-refractivity contribution in [2.45, 2.75) is 51.2 Å². The monoisotopic (exact) mass is 296 g/mol. The standard InChI is InChI=1S/C17H25FO3/c1-16(2)8-10-17(21-4,11-9-16)15(19)12-6-5-7-13(20-3)14(12)18/h5-7,15,19H,8-11H2,1-4H3. The highest BCUT2D eigenvalue weighted by Crippen LogP contribution is 2.48. The quantitative estimate of drug-likeness (QED) is 0.917. The SMILES string of the molecule is COc1cccc(C(O)C2(OC)CCC(C)(C)CC2)c1F. The summed E-state index contributed by atoms with van der Waals surface area (Å²) in [5, 5.41) is 10.7. The lowest BCUT2D eigenvalue weighted by Crippen LogP contribution is -2.44. The molecule has 4 heteroatoms. The molecule has 1 aromatic rings. The zero-order valence-electron chi connectivity index (χ0n) is 13.3. The molecule has 21 heavy (non-hydrogen) atoms. The summed E-state index contributed by atoms with van der Waals surface area (Å²) in [6.07, 6.45) is 2.34. The van der Waals surface area contributed by atoms with E-state index in [4.69, 9.17) is 9.47 Å². The summed E-state index contributed by atoms with van der Waals surface area (Å²) in [5.41, 5.74) is -0.229. The van der Waals surface area contributed by atoms with Gasteiger partial charge in [-0.05, 0) is 37.2 Å². The van der Waals surface area contributed by atoms with Crippen molar-refractivity contribution >= 4 is 0 Å².